The smallest absolute Gasteiger partial charge is 0.119 e. The predicted octanol–water partition coefficient (Wildman–Crippen LogP) is 2.61. The maximum absolute atomic E-state index is 5.86. The van der Waals surface area contributed by atoms with Crippen LogP contribution in [0.4, 0.5) is 0 Å². The molecule has 0 saturated carbocycles. The zero-order valence-electron chi connectivity index (χ0n) is 12.8. The number of benzene rings is 1. The summed E-state index contributed by atoms with van der Waals surface area (Å²) in [5.41, 5.74) is 1.29. The lowest BCUT2D eigenvalue weighted by Gasteiger charge is -2.37. The zero-order valence-corrected chi connectivity index (χ0v) is 13.6. The van der Waals surface area contributed by atoms with Gasteiger partial charge in [0.1, 0.15) is 12.4 Å². The fraction of sp³-hybridized carbons (Fsp3) is 0.625. The van der Waals surface area contributed by atoms with Gasteiger partial charge in [0.2, 0.25) is 0 Å². The Bertz CT molecular complexity index is 396. The van der Waals surface area contributed by atoms with Gasteiger partial charge in [0.25, 0.3) is 0 Å². The van der Waals surface area contributed by atoms with Crippen molar-refractivity contribution < 1.29 is 4.74 Å². The van der Waals surface area contributed by atoms with Gasteiger partial charge in [0.15, 0.2) is 0 Å². The van der Waals surface area contributed by atoms with Crippen molar-refractivity contribution in [2.45, 2.75) is 31.7 Å². The van der Waals surface area contributed by atoms with Crippen molar-refractivity contribution in [3.63, 3.8) is 0 Å². The summed E-state index contributed by atoms with van der Waals surface area (Å²) in [6.45, 7) is 8.52. The summed E-state index contributed by atoms with van der Waals surface area (Å²) in [6, 6.07) is 9.01. The summed E-state index contributed by atoms with van der Waals surface area (Å²) in [5.74, 6) is 2.21. The molecule has 20 heavy (non-hydrogen) atoms. The Balaban J connectivity index is 1.75. The van der Waals surface area contributed by atoms with Crippen LogP contribution in [-0.4, -0.2) is 48.7 Å². The van der Waals surface area contributed by atoms with Crippen LogP contribution in [0.5, 0.6) is 5.75 Å². The second-order valence-corrected chi connectivity index (χ2v) is 6.86. The molecule has 0 aromatic heterocycles. The van der Waals surface area contributed by atoms with Crippen LogP contribution < -0.4 is 10.1 Å². The van der Waals surface area contributed by atoms with Crippen LogP contribution >= 0.6 is 11.8 Å². The van der Waals surface area contributed by atoms with E-state index in [1.54, 1.807) is 0 Å². The Labute approximate surface area is 127 Å². The summed E-state index contributed by atoms with van der Waals surface area (Å²) >= 11 is 2.08. The van der Waals surface area contributed by atoms with Gasteiger partial charge in [-0.15, -0.1) is 0 Å². The van der Waals surface area contributed by atoms with Crippen molar-refractivity contribution in [3.05, 3.63) is 29.8 Å². The summed E-state index contributed by atoms with van der Waals surface area (Å²) < 4.78 is 5.86. The van der Waals surface area contributed by atoms with E-state index in [-0.39, 0.29) is 0 Å². The van der Waals surface area contributed by atoms with Crippen LogP contribution in [0, 0.1) is 0 Å². The predicted molar refractivity (Wildman–Crippen MR) is 87.7 cm³/mol. The number of ether oxygens (including phenoxy) is 1. The Hall–Kier alpha value is -0.710. The zero-order chi connectivity index (χ0) is 14.4. The molecule has 2 atom stereocenters. The van der Waals surface area contributed by atoms with Crippen LogP contribution in [0.1, 0.15) is 19.4 Å². The maximum Gasteiger partial charge on any atom is 0.119 e. The molecule has 0 bridgehead atoms. The van der Waals surface area contributed by atoms with Gasteiger partial charge >= 0.3 is 0 Å². The van der Waals surface area contributed by atoms with E-state index in [2.05, 4.69) is 60.1 Å². The monoisotopic (exact) mass is 294 g/mol. The van der Waals surface area contributed by atoms with Crippen LogP contribution in [0.3, 0.4) is 0 Å². The minimum atomic E-state index is 0.648. The molecule has 4 heteroatoms. The van der Waals surface area contributed by atoms with Gasteiger partial charge in [-0.25, -0.2) is 0 Å². The number of rotatable bonds is 6. The lowest BCUT2D eigenvalue weighted by molar-refractivity contribution is 0.170. The minimum absolute atomic E-state index is 0.648. The van der Waals surface area contributed by atoms with E-state index < -0.39 is 0 Å². The Morgan fingerprint density at radius 1 is 1.30 bits per heavy atom. The molecule has 112 valence electrons. The molecular weight excluding hydrogens is 268 g/mol. The maximum atomic E-state index is 5.86. The first-order chi connectivity index (χ1) is 9.70. The number of hydrogen-bond donors (Lipinski definition) is 1. The van der Waals surface area contributed by atoms with Gasteiger partial charge in [-0.3, -0.25) is 4.90 Å². The number of nitrogens with zero attached hydrogens (tertiary/aromatic N) is 1. The first-order valence-electron chi connectivity index (χ1n) is 7.42. The summed E-state index contributed by atoms with van der Waals surface area (Å²) in [7, 11) is 1.96. The van der Waals surface area contributed by atoms with Crippen LogP contribution in [0.2, 0.25) is 0 Å². The Morgan fingerprint density at radius 2 is 2.05 bits per heavy atom. The highest BCUT2D eigenvalue weighted by molar-refractivity contribution is 8.00. The molecule has 0 amide bonds. The molecule has 1 heterocycles. The van der Waals surface area contributed by atoms with Crippen molar-refractivity contribution in [1.82, 2.24) is 10.2 Å². The van der Waals surface area contributed by atoms with Crippen LogP contribution in [-0.2, 0) is 6.54 Å². The first-order valence-corrected chi connectivity index (χ1v) is 8.47. The molecule has 1 fully saturated rings. The van der Waals surface area contributed by atoms with Gasteiger partial charge in [0.05, 0.1) is 0 Å². The van der Waals surface area contributed by atoms with Crippen molar-refractivity contribution in [2.24, 2.45) is 0 Å². The Kier molecular flexibility index (Phi) is 6.20. The quantitative estimate of drug-likeness (QED) is 0.871. The SMILES string of the molecule is CNCc1ccc(OCCN2CCSC(C)C2C)cc1. The third-order valence-corrected chi connectivity index (χ3v) is 5.30. The van der Waals surface area contributed by atoms with Crippen LogP contribution in [0.15, 0.2) is 24.3 Å². The van der Waals surface area contributed by atoms with E-state index >= 15 is 0 Å². The molecule has 1 aromatic rings. The summed E-state index contributed by atoms with van der Waals surface area (Å²) in [6.07, 6.45) is 0. The van der Waals surface area contributed by atoms with Crippen molar-refractivity contribution >= 4 is 11.8 Å². The van der Waals surface area contributed by atoms with Gasteiger partial charge in [-0.05, 0) is 31.7 Å². The lowest BCUT2D eigenvalue weighted by atomic mass is 10.2. The fourth-order valence-corrected chi connectivity index (χ4v) is 3.66. The second kappa shape index (κ2) is 7.91. The van der Waals surface area contributed by atoms with E-state index in [1.807, 2.05) is 7.05 Å². The molecular formula is C16H26N2OS. The topological polar surface area (TPSA) is 24.5 Å². The fourth-order valence-electron chi connectivity index (χ4n) is 2.50. The Morgan fingerprint density at radius 3 is 2.75 bits per heavy atom. The molecule has 0 spiro atoms. The van der Waals surface area contributed by atoms with E-state index in [1.165, 1.54) is 17.9 Å². The average Bonchev–Trinajstić information content (AvgIpc) is 2.46. The average molecular weight is 294 g/mol. The molecule has 2 rings (SSSR count). The van der Waals surface area contributed by atoms with Crippen molar-refractivity contribution in [3.8, 4) is 5.75 Å². The van der Waals surface area contributed by atoms with Gasteiger partial charge in [0, 0.05) is 36.7 Å². The van der Waals surface area contributed by atoms with Crippen LogP contribution in [0.25, 0.3) is 0 Å². The molecule has 2 unspecified atom stereocenters. The van der Waals surface area contributed by atoms with Crippen molar-refractivity contribution in [2.75, 3.05) is 32.5 Å². The number of nitrogens with one attached hydrogen (secondary N) is 1. The van der Waals surface area contributed by atoms with Gasteiger partial charge in [-0.1, -0.05) is 19.1 Å². The van der Waals surface area contributed by atoms with Crippen molar-refractivity contribution in [1.29, 1.82) is 0 Å². The van der Waals surface area contributed by atoms with E-state index in [9.17, 15) is 0 Å². The largest absolute Gasteiger partial charge is 0.492 e. The molecule has 1 aliphatic rings. The second-order valence-electron chi connectivity index (χ2n) is 5.38. The molecule has 0 radical (unpaired) electrons. The molecule has 1 aliphatic heterocycles. The molecule has 0 aliphatic carbocycles. The highest BCUT2D eigenvalue weighted by Crippen LogP contribution is 2.23. The lowest BCUT2D eigenvalue weighted by Crippen LogP contribution is -2.46. The molecule has 1 N–H and O–H groups in total. The summed E-state index contributed by atoms with van der Waals surface area (Å²) in [4.78, 5) is 2.54. The standard InChI is InChI=1S/C16H26N2OS/c1-13-14(2)20-11-9-18(13)8-10-19-16-6-4-15(5-7-16)12-17-3/h4-7,13-14,17H,8-12H2,1-3H3. The first kappa shape index (κ1) is 15.7. The normalized spacial score (nSPS) is 23.8. The van der Waals surface area contributed by atoms with Gasteiger partial charge in [-0.2, -0.15) is 11.8 Å². The van der Waals surface area contributed by atoms with E-state index in [0.717, 1.165) is 30.7 Å². The van der Waals surface area contributed by atoms with E-state index in [4.69, 9.17) is 4.74 Å². The number of thioether (sulfide) groups is 1. The number of hydrogen-bond acceptors (Lipinski definition) is 4. The van der Waals surface area contributed by atoms with E-state index in [0.29, 0.717) is 6.04 Å². The molecule has 1 saturated heterocycles. The van der Waals surface area contributed by atoms with Gasteiger partial charge < -0.3 is 10.1 Å². The highest BCUT2D eigenvalue weighted by Gasteiger charge is 2.24. The molecule has 3 nitrogen and oxygen atoms in total. The third kappa shape index (κ3) is 4.40. The summed E-state index contributed by atoms with van der Waals surface area (Å²) in [5, 5.41) is 3.88. The third-order valence-electron chi connectivity index (χ3n) is 3.97. The minimum Gasteiger partial charge on any atom is -0.492 e. The highest BCUT2D eigenvalue weighted by atomic mass is 32.2. The molecule has 1 aromatic carbocycles.